The van der Waals surface area contributed by atoms with Crippen LogP contribution in [-0.4, -0.2) is 39.9 Å². The number of amides is 1. The maximum atomic E-state index is 12.3. The lowest BCUT2D eigenvalue weighted by Gasteiger charge is -2.54. The van der Waals surface area contributed by atoms with Crippen molar-refractivity contribution in [3.63, 3.8) is 0 Å². The van der Waals surface area contributed by atoms with Gasteiger partial charge >= 0.3 is 0 Å². The summed E-state index contributed by atoms with van der Waals surface area (Å²) in [7, 11) is 0. The summed E-state index contributed by atoms with van der Waals surface area (Å²) < 4.78 is 5.69. The van der Waals surface area contributed by atoms with Gasteiger partial charge in [0.1, 0.15) is 17.2 Å². The molecule has 1 N–H and O–H groups in total. The minimum Gasteiger partial charge on any atom is -0.465 e. The lowest BCUT2D eigenvalue weighted by Crippen LogP contribution is -2.59. The van der Waals surface area contributed by atoms with E-state index < -0.39 is 0 Å². The number of furan rings is 1. The second kappa shape index (κ2) is 6.59. The zero-order chi connectivity index (χ0) is 17.3. The second-order valence-corrected chi connectivity index (χ2v) is 7.31. The standard InChI is InChI=1S/C19H24N4O2/c1-14-2-3-15(25-14)13-23-10-6-19(7-11-23)5-4-17(19)22-18(24)16-12-20-8-9-21-16/h2-3,8-9,12,17H,4-7,10-11,13H2,1H3,(H,22,24)/t17-/m1/s1. The Morgan fingerprint density at radius 2 is 2.16 bits per heavy atom. The average Bonchev–Trinajstić information content (AvgIpc) is 3.05. The number of piperidine rings is 1. The highest BCUT2D eigenvalue weighted by Gasteiger charge is 2.48. The third-order valence-electron chi connectivity index (χ3n) is 5.80. The molecule has 1 aliphatic heterocycles. The molecule has 1 aliphatic carbocycles. The third kappa shape index (κ3) is 3.31. The van der Waals surface area contributed by atoms with E-state index in [4.69, 9.17) is 4.42 Å². The van der Waals surface area contributed by atoms with Crippen LogP contribution in [0.3, 0.4) is 0 Å². The first-order valence-electron chi connectivity index (χ1n) is 8.99. The Morgan fingerprint density at radius 1 is 1.32 bits per heavy atom. The van der Waals surface area contributed by atoms with Gasteiger partial charge in [0.05, 0.1) is 12.7 Å². The molecule has 6 nitrogen and oxygen atoms in total. The number of aromatic nitrogens is 2. The fraction of sp³-hybridized carbons (Fsp3) is 0.526. The molecule has 132 valence electrons. The summed E-state index contributed by atoms with van der Waals surface area (Å²) in [5, 5.41) is 3.18. The van der Waals surface area contributed by atoms with Crippen LogP contribution in [0.25, 0.3) is 0 Å². The van der Waals surface area contributed by atoms with Gasteiger partial charge in [-0.2, -0.15) is 0 Å². The van der Waals surface area contributed by atoms with E-state index in [0.29, 0.717) is 5.69 Å². The number of rotatable bonds is 4. The van der Waals surface area contributed by atoms with Gasteiger partial charge in [0.2, 0.25) is 0 Å². The SMILES string of the molecule is Cc1ccc(CN2CCC3(CC[C@H]3NC(=O)c3cnccn3)CC2)o1. The number of nitrogens with one attached hydrogen (secondary N) is 1. The molecule has 2 aromatic rings. The predicted molar refractivity (Wildman–Crippen MR) is 92.9 cm³/mol. The molecule has 1 saturated heterocycles. The van der Waals surface area contributed by atoms with Crippen LogP contribution in [0.15, 0.2) is 35.1 Å². The number of carbonyl (C=O) groups is 1. The van der Waals surface area contributed by atoms with Crippen molar-refractivity contribution in [2.75, 3.05) is 13.1 Å². The number of carbonyl (C=O) groups excluding carboxylic acids is 1. The summed E-state index contributed by atoms with van der Waals surface area (Å²) in [6.45, 7) is 4.96. The summed E-state index contributed by atoms with van der Waals surface area (Å²) in [5.41, 5.74) is 0.656. The van der Waals surface area contributed by atoms with E-state index in [1.54, 1.807) is 12.4 Å². The molecule has 0 unspecified atom stereocenters. The van der Waals surface area contributed by atoms with Crippen LogP contribution in [0.1, 0.15) is 47.7 Å². The zero-order valence-electron chi connectivity index (χ0n) is 14.6. The van der Waals surface area contributed by atoms with Crippen molar-refractivity contribution < 1.29 is 9.21 Å². The fourth-order valence-electron chi connectivity index (χ4n) is 4.12. The molecule has 0 radical (unpaired) electrons. The van der Waals surface area contributed by atoms with Gasteiger partial charge in [0.15, 0.2) is 0 Å². The molecular formula is C19H24N4O2. The Bertz CT molecular complexity index is 735. The Balaban J connectivity index is 1.32. The van der Waals surface area contributed by atoms with Crippen LogP contribution in [0.4, 0.5) is 0 Å². The summed E-state index contributed by atoms with van der Waals surface area (Å²) in [6, 6.07) is 4.34. The maximum Gasteiger partial charge on any atom is 0.271 e. The summed E-state index contributed by atoms with van der Waals surface area (Å²) in [4.78, 5) is 22.9. The first-order chi connectivity index (χ1) is 12.1. The quantitative estimate of drug-likeness (QED) is 0.926. The molecule has 1 saturated carbocycles. The first kappa shape index (κ1) is 16.3. The molecule has 3 heterocycles. The van der Waals surface area contributed by atoms with Gasteiger partial charge in [-0.25, -0.2) is 4.98 Å². The molecule has 2 aliphatic rings. The van der Waals surface area contributed by atoms with E-state index in [9.17, 15) is 4.79 Å². The highest BCUT2D eigenvalue weighted by molar-refractivity contribution is 5.92. The van der Waals surface area contributed by atoms with Gasteiger partial charge < -0.3 is 9.73 Å². The highest BCUT2D eigenvalue weighted by atomic mass is 16.3. The van der Waals surface area contributed by atoms with Crippen LogP contribution in [-0.2, 0) is 6.54 Å². The van der Waals surface area contributed by atoms with E-state index in [2.05, 4.69) is 26.3 Å². The molecule has 4 rings (SSSR count). The minimum absolute atomic E-state index is 0.106. The molecular weight excluding hydrogens is 316 g/mol. The normalized spacial score (nSPS) is 22.5. The average molecular weight is 340 g/mol. The van der Waals surface area contributed by atoms with Crippen LogP contribution >= 0.6 is 0 Å². The summed E-state index contributed by atoms with van der Waals surface area (Å²) in [5.74, 6) is 1.90. The predicted octanol–water partition coefficient (Wildman–Crippen LogP) is 2.55. The van der Waals surface area contributed by atoms with E-state index in [1.807, 2.05) is 13.0 Å². The van der Waals surface area contributed by atoms with Crippen LogP contribution in [0, 0.1) is 12.3 Å². The Hall–Kier alpha value is -2.21. The van der Waals surface area contributed by atoms with Gasteiger partial charge in [0.25, 0.3) is 5.91 Å². The number of hydrogen-bond donors (Lipinski definition) is 1. The first-order valence-corrected chi connectivity index (χ1v) is 8.99. The van der Waals surface area contributed by atoms with Crippen LogP contribution < -0.4 is 5.32 Å². The zero-order valence-corrected chi connectivity index (χ0v) is 14.6. The molecule has 6 heteroatoms. The topological polar surface area (TPSA) is 71.3 Å². The van der Waals surface area contributed by atoms with Gasteiger partial charge in [-0.05, 0) is 63.2 Å². The number of nitrogens with zero attached hydrogens (tertiary/aromatic N) is 3. The highest BCUT2D eigenvalue weighted by Crippen LogP contribution is 2.49. The molecule has 25 heavy (non-hydrogen) atoms. The molecule has 0 bridgehead atoms. The summed E-state index contributed by atoms with van der Waals surface area (Å²) >= 11 is 0. The molecule has 2 fully saturated rings. The molecule has 2 aromatic heterocycles. The number of likely N-dealkylation sites (tertiary alicyclic amines) is 1. The van der Waals surface area contributed by atoms with E-state index >= 15 is 0 Å². The number of hydrogen-bond acceptors (Lipinski definition) is 5. The largest absolute Gasteiger partial charge is 0.465 e. The van der Waals surface area contributed by atoms with Crippen molar-refractivity contribution in [1.29, 1.82) is 0 Å². The van der Waals surface area contributed by atoms with Crippen molar-refractivity contribution in [2.24, 2.45) is 5.41 Å². The second-order valence-electron chi connectivity index (χ2n) is 7.31. The van der Waals surface area contributed by atoms with Crippen molar-refractivity contribution in [3.05, 3.63) is 47.9 Å². The molecule has 1 atom stereocenters. The van der Waals surface area contributed by atoms with Crippen molar-refractivity contribution in [3.8, 4) is 0 Å². The minimum atomic E-state index is -0.106. The molecule has 1 amide bonds. The molecule has 1 spiro atoms. The van der Waals surface area contributed by atoms with Crippen molar-refractivity contribution >= 4 is 5.91 Å². The van der Waals surface area contributed by atoms with E-state index in [-0.39, 0.29) is 17.4 Å². The van der Waals surface area contributed by atoms with Gasteiger partial charge in [-0.15, -0.1) is 0 Å². The Morgan fingerprint density at radius 3 is 2.76 bits per heavy atom. The smallest absolute Gasteiger partial charge is 0.271 e. The van der Waals surface area contributed by atoms with Gasteiger partial charge in [0, 0.05) is 18.4 Å². The lowest BCUT2D eigenvalue weighted by molar-refractivity contribution is -0.00861. The Labute approximate surface area is 147 Å². The third-order valence-corrected chi connectivity index (χ3v) is 5.80. The van der Waals surface area contributed by atoms with Crippen LogP contribution in [0.2, 0.25) is 0 Å². The lowest BCUT2D eigenvalue weighted by atomic mass is 9.59. The van der Waals surface area contributed by atoms with E-state index in [1.165, 1.54) is 12.6 Å². The summed E-state index contributed by atoms with van der Waals surface area (Å²) in [6.07, 6.45) is 9.17. The maximum absolute atomic E-state index is 12.3. The van der Waals surface area contributed by atoms with Crippen molar-refractivity contribution in [2.45, 2.75) is 45.2 Å². The monoisotopic (exact) mass is 340 g/mol. The van der Waals surface area contributed by atoms with Crippen molar-refractivity contribution in [1.82, 2.24) is 20.2 Å². The fourth-order valence-corrected chi connectivity index (χ4v) is 4.12. The van der Waals surface area contributed by atoms with E-state index in [0.717, 1.165) is 50.4 Å². The number of aryl methyl sites for hydroxylation is 1. The molecule has 0 aromatic carbocycles. The van der Waals surface area contributed by atoms with Gasteiger partial charge in [-0.1, -0.05) is 0 Å². The van der Waals surface area contributed by atoms with Crippen LogP contribution in [0.5, 0.6) is 0 Å². The Kier molecular flexibility index (Phi) is 4.29. The van der Waals surface area contributed by atoms with Gasteiger partial charge in [-0.3, -0.25) is 14.7 Å².